The van der Waals surface area contributed by atoms with Gasteiger partial charge in [-0.2, -0.15) is 0 Å². The van der Waals surface area contributed by atoms with Gasteiger partial charge in [0.05, 0.1) is 16.4 Å². The van der Waals surface area contributed by atoms with Gasteiger partial charge in [-0.15, -0.1) is 10.2 Å². The second kappa shape index (κ2) is 6.35. The van der Waals surface area contributed by atoms with Crippen molar-refractivity contribution in [2.45, 2.75) is 30.9 Å². The first-order valence-corrected chi connectivity index (χ1v) is 10.1. The van der Waals surface area contributed by atoms with E-state index in [1.807, 2.05) is 18.2 Å². The summed E-state index contributed by atoms with van der Waals surface area (Å²) in [7, 11) is -3.30. The van der Waals surface area contributed by atoms with E-state index < -0.39 is 15.1 Å². The van der Waals surface area contributed by atoms with Crippen molar-refractivity contribution in [2.24, 2.45) is 0 Å². The average Bonchev–Trinajstić information content (AvgIpc) is 3.27. The van der Waals surface area contributed by atoms with Crippen molar-refractivity contribution >= 4 is 20.8 Å². The fourth-order valence-electron chi connectivity index (χ4n) is 2.90. The van der Waals surface area contributed by atoms with Crippen molar-refractivity contribution in [3.63, 3.8) is 0 Å². The summed E-state index contributed by atoms with van der Waals surface area (Å²) in [4.78, 5) is 0.316. The zero-order valence-electron chi connectivity index (χ0n) is 15.1. The number of aryl methyl sites for hydroxylation is 1. The molecule has 2 aromatic carbocycles. The number of sulfone groups is 1. The van der Waals surface area contributed by atoms with Gasteiger partial charge < -0.3 is 8.83 Å². The first kappa shape index (κ1) is 17.5. The third kappa shape index (κ3) is 3.04. The summed E-state index contributed by atoms with van der Waals surface area (Å²) < 4.78 is 35.8. The third-order valence-electron chi connectivity index (χ3n) is 4.46. The van der Waals surface area contributed by atoms with Gasteiger partial charge in [0.2, 0.25) is 11.8 Å². The molecule has 0 aliphatic rings. The monoisotopic (exact) mass is 382 g/mol. The molecule has 7 heteroatoms. The lowest BCUT2D eigenvalue weighted by Gasteiger charge is -2.08. The van der Waals surface area contributed by atoms with E-state index in [1.165, 1.54) is 0 Å². The summed E-state index contributed by atoms with van der Waals surface area (Å²) in [5.74, 6) is 0.944. The number of hydrogen-bond donors (Lipinski definition) is 0. The van der Waals surface area contributed by atoms with Crippen LogP contribution in [0.1, 0.15) is 19.7 Å². The van der Waals surface area contributed by atoms with Gasteiger partial charge in [-0.05, 0) is 49.7 Å². The minimum atomic E-state index is -3.30. The normalized spacial score (nSPS) is 12.1. The highest BCUT2D eigenvalue weighted by atomic mass is 32.2. The topological polar surface area (TPSA) is 86.2 Å². The Labute approximate surface area is 156 Å². The van der Waals surface area contributed by atoms with Crippen LogP contribution in [-0.2, 0) is 9.84 Å². The lowest BCUT2D eigenvalue weighted by atomic mass is 10.0. The van der Waals surface area contributed by atoms with E-state index in [0.29, 0.717) is 16.7 Å². The highest BCUT2D eigenvalue weighted by Gasteiger charge is 2.19. The lowest BCUT2D eigenvalue weighted by Crippen LogP contribution is -2.13. The van der Waals surface area contributed by atoms with E-state index in [9.17, 15) is 8.42 Å². The van der Waals surface area contributed by atoms with E-state index in [1.54, 1.807) is 51.3 Å². The molecule has 0 saturated carbocycles. The lowest BCUT2D eigenvalue weighted by molar-refractivity contribution is 0.533. The predicted octanol–water partition coefficient (Wildman–Crippen LogP) is 4.64. The quantitative estimate of drug-likeness (QED) is 0.511. The molecule has 0 spiro atoms. The Balaban J connectivity index is 1.78. The van der Waals surface area contributed by atoms with Crippen molar-refractivity contribution in [2.75, 3.05) is 0 Å². The Bertz CT molecular complexity index is 1220. The van der Waals surface area contributed by atoms with Crippen LogP contribution in [0.3, 0.4) is 0 Å². The zero-order valence-corrected chi connectivity index (χ0v) is 15.9. The molecule has 0 fully saturated rings. The fraction of sp³-hybridized carbons (Fsp3) is 0.200. The minimum Gasteiger partial charge on any atom is -0.464 e. The van der Waals surface area contributed by atoms with Crippen LogP contribution < -0.4 is 0 Å². The number of aromatic nitrogens is 2. The van der Waals surface area contributed by atoms with Gasteiger partial charge in [0.25, 0.3) is 0 Å². The number of benzene rings is 2. The molecule has 0 unspecified atom stereocenters. The third-order valence-corrected chi connectivity index (χ3v) is 6.63. The molecule has 0 amide bonds. The van der Waals surface area contributed by atoms with E-state index in [4.69, 9.17) is 8.83 Å². The largest absolute Gasteiger partial charge is 0.464 e. The smallest absolute Gasteiger partial charge is 0.247 e. The second-order valence-electron chi connectivity index (χ2n) is 6.60. The summed E-state index contributed by atoms with van der Waals surface area (Å²) in [5.41, 5.74) is 3.26. The van der Waals surface area contributed by atoms with Crippen molar-refractivity contribution in [1.82, 2.24) is 10.2 Å². The first-order valence-electron chi connectivity index (χ1n) is 8.52. The van der Waals surface area contributed by atoms with Crippen LogP contribution in [0.15, 0.2) is 62.5 Å². The Morgan fingerprint density at radius 3 is 2.30 bits per heavy atom. The number of fused-ring (bicyclic) bond motifs is 1. The molecule has 0 N–H and O–H groups in total. The average molecular weight is 382 g/mol. The van der Waals surface area contributed by atoms with Crippen LogP contribution in [0.25, 0.3) is 33.6 Å². The Morgan fingerprint density at radius 2 is 1.67 bits per heavy atom. The molecular weight excluding hydrogens is 364 g/mol. The Morgan fingerprint density at radius 1 is 0.963 bits per heavy atom. The van der Waals surface area contributed by atoms with Crippen LogP contribution in [0.2, 0.25) is 0 Å². The Kier molecular flexibility index (Phi) is 4.11. The maximum atomic E-state index is 12.3. The van der Waals surface area contributed by atoms with Crippen molar-refractivity contribution < 1.29 is 17.3 Å². The molecule has 2 aromatic heterocycles. The fourth-order valence-corrected chi connectivity index (χ4v) is 3.96. The molecule has 4 rings (SSSR count). The predicted molar refractivity (Wildman–Crippen MR) is 102 cm³/mol. The number of nitrogens with zero attached hydrogens (tertiary/aromatic N) is 2. The maximum absolute atomic E-state index is 12.3. The first-order chi connectivity index (χ1) is 12.9. The van der Waals surface area contributed by atoms with Crippen LogP contribution in [0.4, 0.5) is 0 Å². The van der Waals surface area contributed by atoms with Crippen LogP contribution in [0, 0.1) is 6.92 Å². The van der Waals surface area contributed by atoms with Crippen molar-refractivity contribution in [3.8, 4) is 22.6 Å². The van der Waals surface area contributed by atoms with Gasteiger partial charge in [0, 0.05) is 23.4 Å². The van der Waals surface area contributed by atoms with E-state index in [-0.39, 0.29) is 0 Å². The van der Waals surface area contributed by atoms with Gasteiger partial charge >= 0.3 is 0 Å². The van der Waals surface area contributed by atoms with Crippen LogP contribution >= 0.6 is 0 Å². The molecule has 6 nitrogen and oxygen atoms in total. The standard InChI is InChI=1S/C20H18N2O4S/c1-12(2)27(23,24)16-7-4-14(5-8-16)18-11-25-19-9-6-15(10-17(18)19)20-22-21-13(3)26-20/h4-12H,1-3H3. The molecular formula is C20H18N2O4S. The second-order valence-corrected chi connectivity index (χ2v) is 9.11. The number of rotatable bonds is 4. The minimum absolute atomic E-state index is 0.316. The number of furan rings is 1. The molecule has 0 aliphatic carbocycles. The van der Waals surface area contributed by atoms with Gasteiger partial charge in [0.1, 0.15) is 5.58 Å². The van der Waals surface area contributed by atoms with Crippen molar-refractivity contribution in [3.05, 3.63) is 54.6 Å². The van der Waals surface area contributed by atoms with Crippen molar-refractivity contribution in [1.29, 1.82) is 0 Å². The van der Waals surface area contributed by atoms with Crippen LogP contribution in [-0.4, -0.2) is 23.9 Å². The molecule has 0 bridgehead atoms. The van der Waals surface area contributed by atoms with Gasteiger partial charge in [-0.3, -0.25) is 0 Å². The molecule has 4 aromatic rings. The highest BCUT2D eigenvalue weighted by molar-refractivity contribution is 7.92. The van der Waals surface area contributed by atoms with E-state index in [0.717, 1.165) is 27.7 Å². The molecule has 0 atom stereocenters. The summed E-state index contributed by atoms with van der Waals surface area (Å²) in [6.45, 7) is 5.09. The summed E-state index contributed by atoms with van der Waals surface area (Å²) in [6.07, 6.45) is 1.67. The summed E-state index contributed by atoms with van der Waals surface area (Å²) >= 11 is 0. The van der Waals surface area contributed by atoms with Gasteiger partial charge in [-0.25, -0.2) is 8.42 Å². The molecule has 0 radical (unpaired) electrons. The zero-order chi connectivity index (χ0) is 19.2. The molecule has 0 aliphatic heterocycles. The SMILES string of the molecule is Cc1nnc(-c2ccc3occ(-c4ccc(S(=O)(=O)C(C)C)cc4)c3c2)o1. The molecule has 0 saturated heterocycles. The van der Waals surface area contributed by atoms with Gasteiger partial charge in [0.15, 0.2) is 9.84 Å². The molecule has 2 heterocycles. The summed E-state index contributed by atoms with van der Waals surface area (Å²) in [6, 6.07) is 12.5. The van der Waals surface area contributed by atoms with E-state index >= 15 is 0 Å². The van der Waals surface area contributed by atoms with Crippen LogP contribution in [0.5, 0.6) is 0 Å². The van der Waals surface area contributed by atoms with Gasteiger partial charge in [-0.1, -0.05) is 12.1 Å². The maximum Gasteiger partial charge on any atom is 0.247 e. The molecule has 27 heavy (non-hydrogen) atoms. The Hall–Kier alpha value is -2.93. The number of hydrogen-bond acceptors (Lipinski definition) is 6. The highest BCUT2D eigenvalue weighted by Crippen LogP contribution is 2.34. The van der Waals surface area contributed by atoms with E-state index in [2.05, 4.69) is 10.2 Å². The summed E-state index contributed by atoms with van der Waals surface area (Å²) in [5, 5.41) is 8.34. The molecule has 138 valence electrons.